The van der Waals surface area contributed by atoms with Crippen LogP contribution in [-0.4, -0.2) is 25.2 Å². The maximum Gasteiger partial charge on any atom is 0.422 e. The van der Waals surface area contributed by atoms with Crippen LogP contribution in [0.25, 0.3) is 0 Å². The number of carbonyl (C=O) groups is 1. The molecule has 1 amide bonds. The van der Waals surface area contributed by atoms with Gasteiger partial charge in [0, 0.05) is 13.0 Å². The highest BCUT2D eigenvalue weighted by atomic mass is 19.4. The molecule has 140 valence electrons. The van der Waals surface area contributed by atoms with Gasteiger partial charge in [-0.2, -0.15) is 13.2 Å². The molecule has 4 nitrogen and oxygen atoms in total. The Morgan fingerprint density at radius 3 is 2.36 bits per heavy atom. The van der Waals surface area contributed by atoms with Gasteiger partial charge in [0.2, 0.25) is 5.91 Å². The lowest BCUT2D eigenvalue weighted by Crippen LogP contribution is -2.38. The lowest BCUT2D eigenvalue weighted by Gasteiger charge is -2.35. The zero-order valence-corrected chi connectivity index (χ0v) is 14.2. The first-order valence-electron chi connectivity index (χ1n) is 8.57. The summed E-state index contributed by atoms with van der Waals surface area (Å²) in [6, 6.07) is 6.22. The van der Waals surface area contributed by atoms with Crippen LogP contribution in [0.1, 0.15) is 44.1 Å². The van der Waals surface area contributed by atoms with Crippen molar-refractivity contribution in [3.8, 4) is 5.75 Å². The van der Waals surface area contributed by atoms with Crippen LogP contribution in [-0.2, 0) is 11.3 Å². The van der Waals surface area contributed by atoms with Gasteiger partial charge in [-0.3, -0.25) is 4.79 Å². The first-order chi connectivity index (χ1) is 11.8. The summed E-state index contributed by atoms with van der Waals surface area (Å²) in [7, 11) is 0. The second-order valence-electron chi connectivity index (χ2n) is 6.77. The van der Waals surface area contributed by atoms with Crippen LogP contribution in [0.5, 0.6) is 5.75 Å². The molecule has 3 N–H and O–H groups in total. The molecule has 0 aromatic heterocycles. The van der Waals surface area contributed by atoms with E-state index in [9.17, 15) is 18.0 Å². The molecular weight excluding hydrogens is 333 g/mol. The fourth-order valence-electron chi connectivity index (χ4n) is 3.23. The van der Waals surface area contributed by atoms with Crippen LogP contribution in [0.15, 0.2) is 24.3 Å². The van der Waals surface area contributed by atoms with Crippen LogP contribution >= 0.6 is 0 Å². The largest absolute Gasteiger partial charge is 0.484 e. The van der Waals surface area contributed by atoms with Gasteiger partial charge in [0.05, 0.1) is 0 Å². The van der Waals surface area contributed by atoms with Gasteiger partial charge in [0.25, 0.3) is 0 Å². The Morgan fingerprint density at radius 2 is 1.80 bits per heavy atom. The highest BCUT2D eigenvalue weighted by Gasteiger charge is 2.32. The second-order valence-corrected chi connectivity index (χ2v) is 6.77. The number of alkyl halides is 3. The topological polar surface area (TPSA) is 64.4 Å². The van der Waals surface area contributed by atoms with Gasteiger partial charge in [0.15, 0.2) is 6.61 Å². The maximum atomic E-state index is 12.2. The molecular formula is C18H25F3N2O2. The second kappa shape index (κ2) is 8.56. The van der Waals surface area contributed by atoms with Crippen molar-refractivity contribution in [1.29, 1.82) is 0 Å². The Bertz CT molecular complexity index is 552. The highest BCUT2D eigenvalue weighted by Crippen LogP contribution is 2.38. The Morgan fingerprint density at radius 1 is 1.16 bits per heavy atom. The number of amides is 1. The summed E-state index contributed by atoms with van der Waals surface area (Å²) in [4.78, 5) is 12.2. The first-order valence-corrected chi connectivity index (χ1v) is 8.57. The fourth-order valence-corrected chi connectivity index (χ4v) is 3.23. The van der Waals surface area contributed by atoms with Gasteiger partial charge in [0.1, 0.15) is 5.75 Å². The minimum Gasteiger partial charge on any atom is -0.484 e. The predicted molar refractivity (Wildman–Crippen MR) is 89.0 cm³/mol. The third kappa shape index (κ3) is 6.57. The zero-order valence-electron chi connectivity index (χ0n) is 14.2. The van der Waals surface area contributed by atoms with E-state index in [1.165, 1.54) is 18.6 Å². The lowest BCUT2D eigenvalue weighted by atomic mass is 9.71. The molecule has 0 spiro atoms. The predicted octanol–water partition coefficient (Wildman–Crippen LogP) is 3.54. The Kier molecular flexibility index (Phi) is 6.70. The molecule has 0 aliphatic heterocycles. The van der Waals surface area contributed by atoms with E-state index in [-0.39, 0.29) is 17.1 Å². The number of halogens is 3. The summed E-state index contributed by atoms with van der Waals surface area (Å²) < 4.78 is 41.0. The first kappa shape index (κ1) is 19.6. The monoisotopic (exact) mass is 358 g/mol. The number of hydrogen-bond acceptors (Lipinski definition) is 3. The third-order valence-corrected chi connectivity index (χ3v) is 4.70. The molecule has 1 fully saturated rings. The van der Waals surface area contributed by atoms with Crippen molar-refractivity contribution in [2.24, 2.45) is 11.1 Å². The van der Waals surface area contributed by atoms with E-state index in [1.807, 2.05) is 0 Å². The number of rotatable bonds is 7. The Balaban J connectivity index is 1.79. The molecule has 7 heteroatoms. The molecule has 1 aliphatic rings. The number of ether oxygens (including phenoxy) is 1. The molecule has 0 unspecified atom stereocenters. The van der Waals surface area contributed by atoms with Crippen molar-refractivity contribution in [3.63, 3.8) is 0 Å². The van der Waals surface area contributed by atoms with E-state index >= 15 is 0 Å². The van der Waals surface area contributed by atoms with Gasteiger partial charge in [-0.25, -0.2) is 0 Å². The van der Waals surface area contributed by atoms with Crippen LogP contribution in [0.2, 0.25) is 0 Å². The molecule has 1 aromatic carbocycles. The Labute approximate surface area is 145 Å². The lowest BCUT2D eigenvalue weighted by molar-refractivity contribution is -0.153. The smallest absolute Gasteiger partial charge is 0.422 e. The highest BCUT2D eigenvalue weighted by molar-refractivity contribution is 5.76. The molecule has 1 saturated carbocycles. The van der Waals surface area contributed by atoms with Gasteiger partial charge in [-0.1, -0.05) is 31.4 Å². The molecule has 0 bridgehead atoms. The summed E-state index contributed by atoms with van der Waals surface area (Å²) in [5, 5.41) is 2.87. The van der Waals surface area contributed by atoms with E-state index < -0.39 is 12.8 Å². The van der Waals surface area contributed by atoms with Gasteiger partial charge < -0.3 is 15.8 Å². The van der Waals surface area contributed by atoms with Crippen LogP contribution < -0.4 is 15.8 Å². The summed E-state index contributed by atoms with van der Waals surface area (Å²) in [6.45, 7) is -0.463. The number of hydrogen-bond donors (Lipinski definition) is 2. The zero-order chi connectivity index (χ0) is 18.3. The maximum absolute atomic E-state index is 12.2. The van der Waals surface area contributed by atoms with Crippen LogP contribution in [0.3, 0.4) is 0 Å². The van der Waals surface area contributed by atoms with Gasteiger partial charge in [-0.05, 0) is 42.5 Å². The van der Waals surface area contributed by atoms with Gasteiger partial charge in [-0.15, -0.1) is 0 Å². The molecule has 0 saturated heterocycles. The average molecular weight is 358 g/mol. The van der Waals surface area contributed by atoms with Crippen LogP contribution in [0.4, 0.5) is 13.2 Å². The minimum absolute atomic E-state index is 0.0373. The average Bonchev–Trinajstić information content (AvgIpc) is 2.59. The van der Waals surface area contributed by atoms with Crippen molar-refractivity contribution in [3.05, 3.63) is 29.8 Å². The van der Waals surface area contributed by atoms with Crippen molar-refractivity contribution in [1.82, 2.24) is 5.32 Å². The minimum atomic E-state index is -4.36. The Hall–Kier alpha value is -1.76. The van der Waals surface area contributed by atoms with Crippen molar-refractivity contribution in [2.45, 2.75) is 51.2 Å². The van der Waals surface area contributed by atoms with Crippen molar-refractivity contribution < 1.29 is 22.7 Å². The van der Waals surface area contributed by atoms with E-state index in [4.69, 9.17) is 5.73 Å². The van der Waals surface area contributed by atoms with Gasteiger partial charge >= 0.3 is 6.18 Å². The summed E-state index contributed by atoms with van der Waals surface area (Å²) in [6.07, 6.45) is 1.48. The summed E-state index contributed by atoms with van der Waals surface area (Å²) >= 11 is 0. The summed E-state index contributed by atoms with van der Waals surface area (Å²) in [5.74, 6) is 0.112. The molecule has 0 atom stereocenters. The van der Waals surface area contributed by atoms with E-state index in [0.29, 0.717) is 19.5 Å². The summed E-state index contributed by atoms with van der Waals surface area (Å²) in [5.41, 5.74) is 6.61. The molecule has 0 radical (unpaired) electrons. The molecule has 1 aliphatic carbocycles. The normalized spacial score (nSPS) is 17.1. The fraction of sp³-hybridized carbons (Fsp3) is 0.611. The molecule has 1 aromatic rings. The number of nitrogens with two attached hydrogens (primary N) is 1. The quantitative estimate of drug-likeness (QED) is 0.784. The number of benzene rings is 1. The standard InChI is InChI=1S/C18H25F3N2O2/c19-18(20,21)13-25-15-6-4-14(5-7-15)11-23-16(24)10-17(12-22)8-2-1-3-9-17/h4-7H,1-3,8-13,22H2,(H,23,24). The van der Waals surface area contributed by atoms with Crippen molar-refractivity contribution >= 4 is 5.91 Å². The van der Waals surface area contributed by atoms with E-state index in [1.54, 1.807) is 12.1 Å². The molecule has 2 rings (SSSR count). The molecule has 25 heavy (non-hydrogen) atoms. The van der Waals surface area contributed by atoms with Crippen LogP contribution in [0, 0.1) is 5.41 Å². The number of nitrogens with one attached hydrogen (secondary N) is 1. The van der Waals surface area contributed by atoms with E-state index in [2.05, 4.69) is 10.1 Å². The SMILES string of the molecule is NCC1(CC(=O)NCc2ccc(OCC(F)(F)F)cc2)CCCCC1. The van der Waals surface area contributed by atoms with E-state index in [0.717, 1.165) is 31.2 Å². The third-order valence-electron chi connectivity index (χ3n) is 4.70. The molecule has 0 heterocycles. The van der Waals surface area contributed by atoms with Crippen molar-refractivity contribution in [2.75, 3.05) is 13.2 Å². The number of carbonyl (C=O) groups excluding carboxylic acids is 1.